The molecule has 3 saturated heterocycles. The topological polar surface area (TPSA) is 96.1 Å². The van der Waals surface area contributed by atoms with Gasteiger partial charge in [-0.3, -0.25) is 9.78 Å². The van der Waals surface area contributed by atoms with E-state index in [4.69, 9.17) is 32.9 Å². The molecular weight excluding hydrogens is 698 g/mol. The summed E-state index contributed by atoms with van der Waals surface area (Å²) >= 11 is 13.1. The van der Waals surface area contributed by atoms with Gasteiger partial charge in [-0.05, 0) is 81.3 Å². The van der Waals surface area contributed by atoms with Crippen LogP contribution in [0.4, 0.5) is 4.39 Å². The molecule has 10 rings (SSSR count). The SMILES string of the molecule is Cc1nc2c(F)c(-c3cccc(Cl)c3Cl)c(CCC#N)cc2c2c1cc([C@H]1C[C@H](OCc3ccccn3)[C@@H](C)N1C(=O)C1CC1)n2[C@H]1[C@H]2CN[C@@H]1C2. The van der Waals surface area contributed by atoms with Crippen LogP contribution in [-0.4, -0.2) is 50.1 Å². The van der Waals surface area contributed by atoms with Gasteiger partial charge in [0.05, 0.1) is 58.2 Å². The number of carbonyl (C=O) groups excluding carboxylic acids is 1. The highest BCUT2D eigenvalue weighted by molar-refractivity contribution is 6.43. The van der Waals surface area contributed by atoms with Crippen LogP contribution in [0.3, 0.4) is 0 Å². The quantitative estimate of drug-likeness (QED) is 0.163. The van der Waals surface area contributed by atoms with Crippen LogP contribution in [-0.2, 0) is 22.6 Å². The van der Waals surface area contributed by atoms with Crippen LogP contribution in [0, 0.1) is 35.9 Å². The van der Waals surface area contributed by atoms with Crippen LogP contribution < -0.4 is 5.32 Å². The number of rotatable bonds is 9. The summed E-state index contributed by atoms with van der Waals surface area (Å²) in [7, 11) is 0. The van der Waals surface area contributed by atoms with Crippen LogP contribution in [0.5, 0.6) is 0 Å². The van der Waals surface area contributed by atoms with E-state index < -0.39 is 5.82 Å². The molecule has 8 nitrogen and oxygen atoms in total. The Morgan fingerprint density at radius 1 is 1.13 bits per heavy atom. The third-order valence-corrected chi connectivity index (χ3v) is 12.7. The number of benzene rings is 2. The summed E-state index contributed by atoms with van der Waals surface area (Å²) in [5.74, 6) is 0.154. The summed E-state index contributed by atoms with van der Waals surface area (Å²) < 4.78 is 26.2. The minimum absolute atomic E-state index is 0.0385. The lowest BCUT2D eigenvalue weighted by Gasteiger charge is -2.39. The van der Waals surface area contributed by atoms with Gasteiger partial charge < -0.3 is 19.5 Å². The van der Waals surface area contributed by atoms with Crippen molar-refractivity contribution in [3.8, 4) is 17.2 Å². The van der Waals surface area contributed by atoms with Crippen LogP contribution in [0.1, 0.15) is 73.8 Å². The number of pyridine rings is 2. The second-order valence-electron chi connectivity index (χ2n) is 15.0. The third kappa shape index (κ3) is 5.41. The van der Waals surface area contributed by atoms with Crippen molar-refractivity contribution in [1.82, 2.24) is 24.8 Å². The van der Waals surface area contributed by atoms with Gasteiger partial charge in [-0.2, -0.15) is 5.26 Å². The van der Waals surface area contributed by atoms with E-state index in [1.807, 2.05) is 31.2 Å². The molecule has 2 aliphatic carbocycles. The van der Waals surface area contributed by atoms with Crippen molar-refractivity contribution in [2.24, 2.45) is 11.8 Å². The predicted molar refractivity (Wildman–Crippen MR) is 199 cm³/mol. The number of aromatic nitrogens is 3. The van der Waals surface area contributed by atoms with Gasteiger partial charge in [0.15, 0.2) is 5.82 Å². The smallest absolute Gasteiger partial charge is 0.226 e. The molecule has 2 aromatic carbocycles. The Kier molecular flexibility index (Phi) is 8.50. The molecule has 52 heavy (non-hydrogen) atoms. The number of carbonyl (C=O) groups is 1. The summed E-state index contributed by atoms with van der Waals surface area (Å²) in [6, 6.07) is 17.5. The first-order valence-corrected chi connectivity index (χ1v) is 19.1. The molecule has 266 valence electrons. The van der Waals surface area contributed by atoms with Gasteiger partial charge in [0, 0.05) is 70.8 Å². The first kappa shape index (κ1) is 33.7. The Morgan fingerprint density at radius 2 is 1.98 bits per heavy atom. The van der Waals surface area contributed by atoms with Crippen LogP contribution in [0.15, 0.2) is 54.7 Å². The van der Waals surface area contributed by atoms with Crippen LogP contribution in [0.2, 0.25) is 10.0 Å². The van der Waals surface area contributed by atoms with E-state index in [1.54, 1.807) is 24.4 Å². The Morgan fingerprint density at radius 3 is 2.69 bits per heavy atom. The molecule has 0 spiro atoms. The van der Waals surface area contributed by atoms with Crippen molar-refractivity contribution in [2.45, 2.75) is 89.3 Å². The number of aryl methyl sites for hydroxylation is 2. The van der Waals surface area contributed by atoms with Gasteiger partial charge in [-0.25, -0.2) is 9.37 Å². The normalized spacial score (nSPS) is 25.2. The number of halogens is 3. The van der Waals surface area contributed by atoms with Crippen molar-refractivity contribution in [3.63, 3.8) is 0 Å². The summed E-state index contributed by atoms with van der Waals surface area (Å²) in [6.07, 6.45) is 5.65. The highest BCUT2D eigenvalue weighted by Crippen LogP contribution is 2.52. The number of ether oxygens (including phenoxy) is 1. The molecule has 6 heterocycles. The van der Waals surface area contributed by atoms with Crippen molar-refractivity contribution in [3.05, 3.63) is 93.2 Å². The number of hydrogen-bond donors (Lipinski definition) is 1. The van der Waals surface area contributed by atoms with Crippen LogP contribution in [0.25, 0.3) is 32.9 Å². The van der Waals surface area contributed by atoms with Gasteiger partial charge in [0.2, 0.25) is 5.91 Å². The number of nitrogens with zero attached hydrogens (tertiary/aromatic N) is 5. The van der Waals surface area contributed by atoms with Crippen LogP contribution >= 0.6 is 23.2 Å². The fourth-order valence-corrected chi connectivity index (χ4v) is 9.53. The molecule has 2 bridgehead atoms. The van der Waals surface area contributed by atoms with Gasteiger partial charge in [-0.1, -0.05) is 41.4 Å². The lowest BCUT2D eigenvalue weighted by molar-refractivity contribution is -0.136. The highest BCUT2D eigenvalue weighted by Gasteiger charge is 2.52. The van der Waals surface area contributed by atoms with E-state index in [-0.39, 0.29) is 59.1 Å². The molecule has 6 atom stereocenters. The monoisotopic (exact) mass is 736 g/mol. The van der Waals surface area contributed by atoms with Crippen molar-refractivity contribution in [2.75, 3.05) is 6.54 Å². The average Bonchev–Trinajstić information content (AvgIpc) is 3.41. The number of nitriles is 1. The lowest BCUT2D eigenvalue weighted by atomic mass is 9.79. The Bertz CT molecular complexity index is 2270. The fourth-order valence-electron chi connectivity index (χ4n) is 9.13. The zero-order chi connectivity index (χ0) is 35.8. The molecular formula is C41H39Cl2FN6O2. The second-order valence-corrected chi connectivity index (χ2v) is 15.7. The van der Waals surface area contributed by atoms with Crippen molar-refractivity contribution < 1.29 is 13.9 Å². The van der Waals surface area contributed by atoms with Gasteiger partial charge in [0.25, 0.3) is 0 Å². The van der Waals surface area contributed by atoms with E-state index in [9.17, 15) is 10.1 Å². The summed E-state index contributed by atoms with van der Waals surface area (Å²) in [6.45, 7) is 5.32. The Labute approximate surface area is 311 Å². The largest absolute Gasteiger partial charge is 0.370 e. The van der Waals surface area contributed by atoms with E-state index in [1.165, 1.54) is 0 Å². The molecule has 1 N–H and O–H groups in total. The van der Waals surface area contributed by atoms with Gasteiger partial charge >= 0.3 is 0 Å². The van der Waals surface area contributed by atoms with Crippen molar-refractivity contribution in [1.29, 1.82) is 5.26 Å². The molecule has 1 amide bonds. The fraction of sp³-hybridized carbons (Fsp3) is 0.415. The molecule has 2 saturated carbocycles. The lowest BCUT2D eigenvalue weighted by Crippen LogP contribution is -2.43. The molecule has 5 aromatic rings. The average molecular weight is 738 g/mol. The summed E-state index contributed by atoms with van der Waals surface area (Å²) in [4.78, 5) is 25.6. The van der Waals surface area contributed by atoms with Gasteiger partial charge in [-0.15, -0.1) is 0 Å². The molecule has 11 heteroatoms. The van der Waals surface area contributed by atoms with Crippen molar-refractivity contribution >= 4 is 50.9 Å². The van der Waals surface area contributed by atoms with E-state index in [0.29, 0.717) is 58.2 Å². The number of hydrogen-bond acceptors (Lipinski definition) is 6. The first-order valence-electron chi connectivity index (χ1n) is 18.3. The number of amides is 1. The van der Waals surface area contributed by atoms with Gasteiger partial charge in [0.1, 0.15) is 5.52 Å². The highest BCUT2D eigenvalue weighted by atomic mass is 35.5. The standard InChI is InChI=1S/C41H39Cl2FN6O2/c1-21-28-17-32(33-18-34(52-20-26-8-3-4-14-46-26)22(2)49(33)41(51)23-11-12-23)50(39-25-16-31(39)47-19-25)40(28)29-15-24(7-6-13-45)35(37(44)38(29)48-21)27-9-5-10-30(42)36(27)43/h3-5,8-10,14-15,17,22-23,25,31,33-34,39,47H,6-7,11-12,16,18-20H2,1-2H3/t22-,25-,31-,33-,34+,39+/m1/s1. The molecule has 3 aliphatic heterocycles. The molecule has 5 fully saturated rings. The molecule has 0 unspecified atom stereocenters. The van der Waals surface area contributed by atoms with E-state index in [2.05, 4.69) is 38.8 Å². The number of fused-ring (bicyclic) bond motifs is 4. The summed E-state index contributed by atoms with van der Waals surface area (Å²) in [5, 5.41) is 15.6. The zero-order valence-electron chi connectivity index (χ0n) is 29.1. The Balaban J connectivity index is 1.25. The predicted octanol–water partition coefficient (Wildman–Crippen LogP) is 8.65. The summed E-state index contributed by atoms with van der Waals surface area (Å²) in [5.41, 5.74) is 5.26. The number of likely N-dealkylation sites (tertiary alicyclic amines) is 1. The zero-order valence-corrected chi connectivity index (χ0v) is 30.6. The maximum Gasteiger partial charge on any atom is 0.226 e. The van der Waals surface area contributed by atoms with E-state index >= 15 is 4.39 Å². The Hall–Kier alpha value is -4.07. The minimum Gasteiger partial charge on any atom is -0.370 e. The number of nitrogens with one attached hydrogen (secondary N) is 1. The minimum atomic E-state index is -0.480. The second kappa shape index (κ2) is 13.1. The maximum absolute atomic E-state index is 17.2. The first-order chi connectivity index (χ1) is 25.2. The van der Waals surface area contributed by atoms with E-state index in [0.717, 1.165) is 48.1 Å². The molecule has 0 radical (unpaired) electrons. The third-order valence-electron chi connectivity index (χ3n) is 11.9. The molecule has 3 aromatic heterocycles. The maximum atomic E-state index is 17.2. The molecule has 5 aliphatic rings.